The van der Waals surface area contributed by atoms with Crippen molar-refractivity contribution in [3.05, 3.63) is 64.1 Å². The van der Waals surface area contributed by atoms with Gasteiger partial charge in [-0.2, -0.15) is 5.10 Å². The van der Waals surface area contributed by atoms with E-state index in [1.54, 1.807) is 13.0 Å². The standard InChI is InChI=1S/C24H28N2O3S/c1-3-14-26-22(27)21-20(19(25-26)16-30-23(28)29-4-2)18-11-7-6-10-17(18)15-24(21)12-8-5-9-13-24/h3,6-7,10-11H,1,4-5,8-9,12-16H2,2H3. The van der Waals surface area contributed by atoms with E-state index in [0.717, 1.165) is 66.3 Å². The molecule has 6 heteroatoms. The molecule has 158 valence electrons. The molecule has 0 bridgehead atoms. The molecule has 0 N–H and O–H groups in total. The molecule has 0 unspecified atom stereocenters. The van der Waals surface area contributed by atoms with Gasteiger partial charge in [0.25, 0.3) is 5.56 Å². The summed E-state index contributed by atoms with van der Waals surface area (Å²) >= 11 is 1.10. The van der Waals surface area contributed by atoms with Gasteiger partial charge in [-0.25, -0.2) is 9.48 Å². The molecule has 0 saturated heterocycles. The predicted molar refractivity (Wildman–Crippen MR) is 121 cm³/mol. The Bertz CT molecular complexity index is 1020. The molecule has 2 aromatic rings. The first-order chi connectivity index (χ1) is 14.6. The fourth-order valence-corrected chi connectivity index (χ4v) is 5.72. The summed E-state index contributed by atoms with van der Waals surface area (Å²) in [4.78, 5) is 25.7. The highest BCUT2D eigenvalue weighted by Gasteiger charge is 2.43. The molecule has 1 fully saturated rings. The van der Waals surface area contributed by atoms with Gasteiger partial charge in [0.15, 0.2) is 0 Å². The van der Waals surface area contributed by atoms with Crippen molar-refractivity contribution in [2.45, 2.75) is 63.2 Å². The molecule has 1 saturated carbocycles. The van der Waals surface area contributed by atoms with Crippen LogP contribution in [0.3, 0.4) is 0 Å². The summed E-state index contributed by atoms with van der Waals surface area (Å²) < 4.78 is 6.62. The van der Waals surface area contributed by atoms with E-state index in [9.17, 15) is 9.59 Å². The van der Waals surface area contributed by atoms with E-state index in [2.05, 4.69) is 29.9 Å². The number of fused-ring (bicyclic) bond motifs is 4. The van der Waals surface area contributed by atoms with Crippen molar-refractivity contribution in [2.24, 2.45) is 0 Å². The zero-order valence-corrected chi connectivity index (χ0v) is 18.3. The minimum atomic E-state index is -0.314. The number of carbonyl (C=O) groups excluding carboxylic acids is 1. The Labute approximate surface area is 181 Å². The van der Waals surface area contributed by atoms with E-state index in [1.807, 2.05) is 6.07 Å². The molecular formula is C24H28N2O3S. The van der Waals surface area contributed by atoms with E-state index in [1.165, 1.54) is 16.7 Å². The van der Waals surface area contributed by atoms with Crippen LogP contribution in [-0.2, 0) is 28.9 Å². The lowest BCUT2D eigenvalue weighted by Crippen LogP contribution is -2.43. The Morgan fingerprint density at radius 2 is 2.07 bits per heavy atom. The molecule has 0 radical (unpaired) electrons. The second kappa shape index (κ2) is 8.80. The molecule has 0 amide bonds. The minimum absolute atomic E-state index is 0.00816. The highest BCUT2D eigenvalue weighted by Crippen LogP contribution is 2.50. The Hall–Kier alpha value is -2.34. The lowest BCUT2D eigenvalue weighted by atomic mass is 9.61. The smallest absolute Gasteiger partial charge is 0.367 e. The topological polar surface area (TPSA) is 61.2 Å². The van der Waals surface area contributed by atoms with Crippen molar-refractivity contribution in [3.8, 4) is 11.1 Å². The molecule has 1 heterocycles. The highest BCUT2D eigenvalue weighted by molar-refractivity contribution is 8.12. The van der Waals surface area contributed by atoms with Crippen LogP contribution >= 0.6 is 11.8 Å². The van der Waals surface area contributed by atoms with E-state index >= 15 is 0 Å². The Morgan fingerprint density at radius 3 is 2.80 bits per heavy atom. The van der Waals surface area contributed by atoms with Crippen LogP contribution in [0.4, 0.5) is 4.79 Å². The van der Waals surface area contributed by atoms with Crippen LogP contribution in [0.2, 0.25) is 0 Å². The van der Waals surface area contributed by atoms with Crippen molar-refractivity contribution >= 4 is 17.1 Å². The van der Waals surface area contributed by atoms with Crippen LogP contribution in [0.15, 0.2) is 41.7 Å². The number of nitrogens with zero attached hydrogens (tertiary/aromatic N) is 2. The fourth-order valence-electron chi connectivity index (χ4n) is 5.06. The molecule has 0 aliphatic heterocycles. The molecule has 30 heavy (non-hydrogen) atoms. The zero-order valence-electron chi connectivity index (χ0n) is 17.5. The third-order valence-corrected chi connectivity index (χ3v) is 7.05. The SMILES string of the molecule is C=CCn1nc(CSC(=O)OCC)c2c(c1=O)C1(CCCCC1)Cc1ccccc1-2. The van der Waals surface area contributed by atoms with E-state index in [4.69, 9.17) is 4.74 Å². The van der Waals surface area contributed by atoms with Gasteiger partial charge in [0.1, 0.15) is 0 Å². The summed E-state index contributed by atoms with van der Waals surface area (Å²) in [5.74, 6) is 0.378. The monoisotopic (exact) mass is 424 g/mol. The highest BCUT2D eigenvalue weighted by atomic mass is 32.2. The second-order valence-corrected chi connectivity index (χ2v) is 9.03. The summed E-state index contributed by atoms with van der Waals surface area (Å²) in [6, 6.07) is 8.34. The first-order valence-corrected chi connectivity index (χ1v) is 11.7. The molecule has 1 aromatic carbocycles. The maximum absolute atomic E-state index is 13.6. The molecule has 0 atom stereocenters. The third-order valence-electron chi connectivity index (χ3n) is 6.28. The fraction of sp³-hybridized carbons (Fsp3) is 0.458. The van der Waals surface area contributed by atoms with Crippen LogP contribution in [0.5, 0.6) is 0 Å². The number of benzene rings is 1. The molecule has 1 aromatic heterocycles. The number of thioether (sulfide) groups is 1. The van der Waals surface area contributed by atoms with E-state index in [0.29, 0.717) is 18.9 Å². The number of allylic oxidation sites excluding steroid dienone is 1. The van der Waals surface area contributed by atoms with Gasteiger partial charge in [0.05, 0.1) is 18.8 Å². The first-order valence-electron chi connectivity index (χ1n) is 10.7. The summed E-state index contributed by atoms with van der Waals surface area (Å²) in [6.45, 7) is 6.30. The maximum atomic E-state index is 13.6. The average molecular weight is 425 g/mol. The van der Waals surface area contributed by atoms with Gasteiger partial charge in [-0.05, 0) is 49.1 Å². The summed E-state index contributed by atoms with van der Waals surface area (Å²) in [7, 11) is 0. The van der Waals surface area contributed by atoms with Crippen molar-refractivity contribution in [1.82, 2.24) is 9.78 Å². The largest absolute Gasteiger partial charge is 0.458 e. The number of carbonyl (C=O) groups is 1. The Morgan fingerprint density at radius 1 is 1.30 bits per heavy atom. The Kier molecular flexibility index (Phi) is 6.14. The second-order valence-electron chi connectivity index (χ2n) is 8.12. The molecular weight excluding hydrogens is 396 g/mol. The van der Waals surface area contributed by atoms with Crippen LogP contribution in [0.25, 0.3) is 11.1 Å². The number of rotatable bonds is 5. The Balaban J connectivity index is 1.93. The van der Waals surface area contributed by atoms with Gasteiger partial charge in [-0.3, -0.25) is 4.79 Å². The van der Waals surface area contributed by atoms with Gasteiger partial charge in [-0.1, -0.05) is 49.6 Å². The predicted octanol–water partition coefficient (Wildman–Crippen LogP) is 5.24. The average Bonchev–Trinajstić information content (AvgIpc) is 2.75. The summed E-state index contributed by atoms with van der Waals surface area (Å²) in [5.41, 5.74) is 4.83. The maximum Gasteiger partial charge on any atom is 0.367 e. The van der Waals surface area contributed by atoms with Crippen molar-refractivity contribution < 1.29 is 9.53 Å². The van der Waals surface area contributed by atoms with E-state index < -0.39 is 0 Å². The van der Waals surface area contributed by atoms with Gasteiger partial charge in [-0.15, -0.1) is 6.58 Å². The quantitative estimate of drug-likeness (QED) is 0.485. The summed E-state index contributed by atoms with van der Waals surface area (Å²) in [5, 5.41) is 4.37. The first kappa shape index (κ1) is 20.9. The number of aromatic nitrogens is 2. The van der Waals surface area contributed by atoms with Crippen LogP contribution in [-0.4, -0.2) is 21.7 Å². The number of ether oxygens (including phenoxy) is 1. The number of hydrogen-bond acceptors (Lipinski definition) is 5. The van der Waals surface area contributed by atoms with Crippen molar-refractivity contribution in [2.75, 3.05) is 6.61 Å². The lowest BCUT2D eigenvalue weighted by Gasteiger charge is -2.42. The lowest BCUT2D eigenvalue weighted by molar-refractivity contribution is 0.181. The van der Waals surface area contributed by atoms with Crippen molar-refractivity contribution in [1.29, 1.82) is 0 Å². The van der Waals surface area contributed by atoms with Crippen LogP contribution < -0.4 is 5.56 Å². The van der Waals surface area contributed by atoms with Crippen LogP contribution in [0.1, 0.15) is 55.8 Å². The molecule has 4 rings (SSSR count). The van der Waals surface area contributed by atoms with Crippen LogP contribution in [0, 0.1) is 0 Å². The molecule has 2 aliphatic rings. The van der Waals surface area contributed by atoms with Gasteiger partial charge in [0.2, 0.25) is 0 Å². The molecule has 5 nitrogen and oxygen atoms in total. The van der Waals surface area contributed by atoms with E-state index in [-0.39, 0.29) is 16.3 Å². The third kappa shape index (κ3) is 3.73. The normalized spacial score (nSPS) is 16.6. The number of hydrogen-bond donors (Lipinski definition) is 0. The van der Waals surface area contributed by atoms with Gasteiger partial charge in [0, 0.05) is 22.3 Å². The van der Waals surface area contributed by atoms with Crippen molar-refractivity contribution in [3.63, 3.8) is 0 Å². The van der Waals surface area contributed by atoms with Gasteiger partial charge < -0.3 is 4.74 Å². The van der Waals surface area contributed by atoms with Gasteiger partial charge >= 0.3 is 5.30 Å². The zero-order chi connectivity index (χ0) is 21.1. The molecule has 1 spiro atoms. The molecule has 2 aliphatic carbocycles. The minimum Gasteiger partial charge on any atom is -0.458 e. The summed E-state index contributed by atoms with van der Waals surface area (Å²) in [6.07, 6.45) is 8.13.